The van der Waals surface area contributed by atoms with E-state index in [9.17, 15) is 0 Å². The van der Waals surface area contributed by atoms with Crippen LogP contribution in [-0.4, -0.2) is 18.0 Å². The molecule has 0 spiro atoms. The molecular weight excluding hydrogens is 241 g/mol. The molecule has 0 saturated carbocycles. The van der Waals surface area contributed by atoms with E-state index in [2.05, 4.69) is 11.8 Å². The minimum atomic E-state index is 0.783. The first-order valence-corrected chi connectivity index (χ1v) is 6.57. The lowest BCUT2D eigenvalue weighted by Crippen LogP contribution is -2.33. The number of halogens is 2. The second-order valence-electron chi connectivity index (χ2n) is 4.68. The molecule has 0 aromatic heterocycles. The molecule has 0 radical (unpaired) electrons. The van der Waals surface area contributed by atoms with Gasteiger partial charge in [-0.15, -0.1) is 0 Å². The van der Waals surface area contributed by atoms with Gasteiger partial charge in [0.2, 0.25) is 0 Å². The van der Waals surface area contributed by atoms with Gasteiger partial charge in [-0.2, -0.15) is 0 Å². The second-order valence-corrected chi connectivity index (χ2v) is 5.50. The summed E-state index contributed by atoms with van der Waals surface area (Å²) in [5, 5.41) is 1.57. The molecule has 0 unspecified atom stereocenters. The quantitative estimate of drug-likeness (QED) is 0.767. The van der Waals surface area contributed by atoms with E-state index in [1.807, 2.05) is 18.2 Å². The first-order chi connectivity index (χ1) is 7.66. The van der Waals surface area contributed by atoms with Gasteiger partial charge in [-0.05, 0) is 37.4 Å². The third kappa shape index (κ3) is 2.91. The van der Waals surface area contributed by atoms with Crippen molar-refractivity contribution in [3.63, 3.8) is 0 Å². The minimum absolute atomic E-state index is 0.783. The van der Waals surface area contributed by atoms with Crippen LogP contribution in [0.3, 0.4) is 0 Å². The lowest BCUT2D eigenvalue weighted by Gasteiger charge is -2.31. The van der Waals surface area contributed by atoms with E-state index >= 15 is 0 Å². The fourth-order valence-electron chi connectivity index (χ4n) is 2.34. The molecule has 1 atom stereocenters. The highest BCUT2D eigenvalue weighted by atomic mass is 35.5. The number of nitrogens with zero attached hydrogens (tertiary/aromatic N) is 1. The largest absolute Gasteiger partial charge is 0.299 e. The van der Waals surface area contributed by atoms with Crippen LogP contribution in [-0.2, 0) is 6.54 Å². The summed E-state index contributed by atoms with van der Waals surface area (Å²) in [5.41, 5.74) is 1.07. The van der Waals surface area contributed by atoms with Crippen molar-refractivity contribution in [2.45, 2.75) is 26.3 Å². The van der Waals surface area contributed by atoms with Crippen molar-refractivity contribution >= 4 is 23.2 Å². The highest BCUT2D eigenvalue weighted by Gasteiger charge is 2.18. The maximum Gasteiger partial charge on any atom is 0.0465 e. The number of rotatable bonds is 2. The maximum atomic E-state index is 6.17. The zero-order chi connectivity index (χ0) is 11.5. The van der Waals surface area contributed by atoms with E-state index in [1.54, 1.807) is 0 Å². The fourth-order valence-corrected chi connectivity index (χ4v) is 2.85. The van der Waals surface area contributed by atoms with Gasteiger partial charge in [-0.1, -0.05) is 36.2 Å². The summed E-state index contributed by atoms with van der Waals surface area (Å²) < 4.78 is 0. The molecule has 0 bridgehead atoms. The Morgan fingerprint density at radius 1 is 1.31 bits per heavy atom. The highest BCUT2D eigenvalue weighted by Crippen LogP contribution is 2.27. The van der Waals surface area contributed by atoms with Gasteiger partial charge in [0.15, 0.2) is 0 Å². The number of benzene rings is 1. The van der Waals surface area contributed by atoms with Crippen molar-refractivity contribution in [3.05, 3.63) is 33.8 Å². The molecule has 3 heteroatoms. The molecular formula is C13H17Cl2N. The van der Waals surface area contributed by atoms with Crippen LogP contribution in [0.4, 0.5) is 0 Å². The normalized spacial score (nSPS) is 22.3. The van der Waals surface area contributed by atoms with Crippen LogP contribution in [0.25, 0.3) is 0 Å². The summed E-state index contributed by atoms with van der Waals surface area (Å²) in [6.07, 6.45) is 2.62. The van der Waals surface area contributed by atoms with Crippen LogP contribution in [0.5, 0.6) is 0 Å². The van der Waals surface area contributed by atoms with Crippen LogP contribution in [0.15, 0.2) is 18.2 Å². The second kappa shape index (κ2) is 5.39. The molecule has 1 aliphatic rings. The average molecular weight is 258 g/mol. The van der Waals surface area contributed by atoms with E-state index in [-0.39, 0.29) is 0 Å². The third-order valence-electron chi connectivity index (χ3n) is 3.18. The van der Waals surface area contributed by atoms with Gasteiger partial charge in [0.05, 0.1) is 0 Å². The molecule has 0 N–H and O–H groups in total. The van der Waals surface area contributed by atoms with E-state index < -0.39 is 0 Å². The van der Waals surface area contributed by atoms with Gasteiger partial charge >= 0.3 is 0 Å². The summed E-state index contributed by atoms with van der Waals surface area (Å²) in [4.78, 5) is 2.45. The lowest BCUT2D eigenvalue weighted by molar-refractivity contribution is 0.176. The minimum Gasteiger partial charge on any atom is -0.299 e. The molecule has 16 heavy (non-hydrogen) atoms. The summed E-state index contributed by atoms with van der Waals surface area (Å²) in [7, 11) is 0. The molecule has 1 aliphatic heterocycles. The maximum absolute atomic E-state index is 6.17. The van der Waals surface area contributed by atoms with Crippen molar-refractivity contribution in [2.75, 3.05) is 13.1 Å². The third-order valence-corrected chi connectivity index (χ3v) is 3.89. The smallest absolute Gasteiger partial charge is 0.0465 e. The topological polar surface area (TPSA) is 3.24 Å². The first-order valence-electron chi connectivity index (χ1n) is 5.82. The van der Waals surface area contributed by atoms with E-state index in [0.717, 1.165) is 41.2 Å². The number of likely N-dealkylation sites (tertiary alicyclic amines) is 1. The van der Waals surface area contributed by atoms with Gasteiger partial charge in [-0.25, -0.2) is 0 Å². The van der Waals surface area contributed by atoms with E-state index in [0.29, 0.717) is 0 Å². The highest BCUT2D eigenvalue weighted by molar-refractivity contribution is 6.35. The molecule has 2 rings (SSSR count). The Balaban J connectivity index is 2.08. The zero-order valence-electron chi connectivity index (χ0n) is 9.55. The number of hydrogen-bond donors (Lipinski definition) is 0. The Hall–Kier alpha value is -0.240. The number of piperidine rings is 1. The van der Waals surface area contributed by atoms with E-state index in [4.69, 9.17) is 23.2 Å². The summed E-state index contributed by atoms with van der Waals surface area (Å²) >= 11 is 12.3. The first kappa shape index (κ1) is 12.2. The molecule has 1 heterocycles. The van der Waals surface area contributed by atoms with Gasteiger partial charge in [0.1, 0.15) is 0 Å². The molecule has 1 aromatic carbocycles. The lowest BCUT2D eigenvalue weighted by atomic mass is 10.00. The van der Waals surface area contributed by atoms with Gasteiger partial charge in [0.25, 0.3) is 0 Å². The van der Waals surface area contributed by atoms with Crippen LogP contribution in [0.1, 0.15) is 25.3 Å². The van der Waals surface area contributed by atoms with Crippen molar-refractivity contribution in [1.82, 2.24) is 4.90 Å². The van der Waals surface area contributed by atoms with Crippen molar-refractivity contribution in [3.8, 4) is 0 Å². The molecule has 1 aromatic rings. The summed E-state index contributed by atoms with van der Waals surface area (Å²) in [6, 6.07) is 5.72. The van der Waals surface area contributed by atoms with Crippen molar-refractivity contribution < 1.29 is 0 Å². The standard InChI is InChI=1S/C13H17Cl2N/c1-10-4-3-7-16(8-10)9-11-12(14)5-2-6-13(11)15/h2,5-6,10H,3-4,7-9H2,1H3/t10-/m1/s1. The SMILES string of the molecule is C[C@@H]1CCCN(Cc2c(Cl)cccc2Cl)C1. The van der Waals surface area contributed by atoms with Crippen LogP contribution >= 0.6 is 23.2 Å². The predicted molar refractivity (Wildman–Crippen MR) is 70.1 cm³/mol. The average Bonchev–Trinajstić information content (AvgIpc) is 2.24. The Kier molecular flexibility index (Phi) is 4.12. The van der Waals surface area contributed by atoms with Gasteiger partial charge in [0, 0.05) is 28.7 Å². The summed E-state index contributed by atoms with van der Waals surface area (Å²) in [5.74, 6) is 0.787. The molecule has 0 aliphatic carbocycles. The molecule has 1 nitrogen and oxygen atoms in total. The molecule has 1 saturated heterocycles. The van der Waals surface area contributed by atoms with Crippen molar-refractivity contribution in [2.24, 2.45) is 5.92 Å². The van der Waals surface area contributed by atoms with Crippen LogP contribution in [0, 0.1) is 5.92 Å². The van der Waals surface area contributed by atoms with E-state index in [1.165, 1.54) is 12.8 Å². The molecule has 1 fully saturated rings. The summed E-state index contributed by atoms with van der Waals surface area (Å²) in [6.45, 7) is 5.50. The predicted octanol–water partition coefficient (Wildman–Crippen LogP) is 4.23. The Bertz CT molecular complexity index is 345. The Labute approximate surface area is 107 Å². The monoisotopic (exact) mass is 257 g/mol. The fraction of sp³-hybridized carbons (Fsp3) is 0.538. The van der Waals surface area contributed by atoms with Gasteiger partial charge in [-0.3, -0.25) is 4.90 Å². The molecule has 88 valence electrons. The van der Waals surface area contributed by atoms with Crippen LogP contribution in [0.2, 0.25) is 10.0 Å². The van der Waals surface area contributed by atoms with Crippen LogP contribution < -0.4 is 0 Å². The van der Waals surface area contributed by atoms with Crippen molar-refractivity contribution in [1.29, 1.82) is 0 Å². The number of hydrogen-bond acceptors (Lipinski definition) is 1. The zero-order valence-corrected chi connectivity index (χ0v) is 11.1. The van der Waals surface area contributed by atoms with Gasteiger partial charge < -0.3 is 0 Å². The molecule has 0 amide bonds. The Morgan fingerprint density at radius 2 is 2.00 bits per heavy atom. The Morgan fingerprint density at radius 3 is 2.62 bits per heavy atom.